The van der Waals surface area contributed by atoms with E-state index in [0.29, 0.717) is 0 Å². The molecule has 0 radical (unpaired) electrons. The van der Waals surface area contributed by atoms with E-state index in [4.69, 9.17) is 0 Å². The van der Waals surface area contributed by atoms with Gasteiger partial charge in [-0.1, -0.05) is 38.0 Å². The predicted molar refractivity (Wildman–Crippen MR) is 57.8 cm³/mol. The second-order valence-corrected chi connectivity index (χ2v) is 3.74. The largest absolute Gasteiger partial charge is 0.371 e. The van der Waals surface area contributed by atoms with Gasteiger partial charge in [0.1, 0.15) is 0 Å². The molecular formula is C12H20O2. The van der Waals surface area contributed by atoms with Crippen LogP contribution in [0.3, 0.4) is 0 Å². The summed E-state index contributed by atoms with van der Waals surface area (Å²) in [6, 6.07) is 0. The number of carbonyl (C=O) groups is 1. The zero-order valence-electron chi connectivity index (χ0n) is 9.39. The third-order valence-corrected chi connectivity index (χ3v) is 2.17. The minimum atomic E-state index is -1.45. The van der Waals surface area contributed by atoms with Crippen LogP contribution in [0.25, 0.3) is 0 Å². The Morgan fingerprint density at radius 3 is 2.50 bits per heavy atom. The second kappa shape index (κ2) is 6.62. The van der Waals surface area contributed by atoms with E-state index in [1.807, 2.05) is 0 Å². The van der Waals surface area contributed by atoms with Gasteiger partial charge in [-0.3, -0.25) is 4.79 Å². The van der Waals surface area contributed by atoms with E-state index in [1.165, 1.54) is 33.1 Å². The van der Waals surface area contributed by atoms with Crippen molar-refractivity contribution >= 4 is 5.78 Å². The van der Waals surface area contributed by atoms with Crippen molar-refractivity contribution in [1.82, 2.24) is 0 Å². The van der Waals surface area contributed by atoms with Crippen LogP contribution in [-0.4, -0.2) is 16.5 Å². The molecule has 2 heteroatoms. The first kappa shape index (κ1) is 13.2. The highest BCUT2D eigenvalue weighted by molar-refractivity contribution is 5.87. The van der Waals surface area contributed by atoms with Crippen molar-refractivity contribution in [3.63, 3.8) is 0 Å². The van der Waals surface area contributed by atoms with Crippen molar-refractivity contribution < 1.29 is 9.90 Å². The molecule has 0 aliphatic carbocycles. The maximum absolute atomic E-state index is 10.9. The van der Waals surface area contributed by atoms with Crippen LogP contribution in [0, 0.1) is 11.8 Å². The molecule has 0 aliphatic heterocycles. The number of ketones is 1. The van der Waals surface area contributed by atoms with Gasteiger partial charge in [0.15, 0.2) is 11.4 Å². The molecule has 0 aromatic heterocycles. The van der Waals surface area contributed by atoms with Gasteiger partial charge >= 0.3 is 0 Å². The lowest BCUT2D eigenvalue weighted by atomic mass is 10.0. The van der Waals surface area contributed by atoms with Gasteiger partial charge in [-0.15, -0.1) is 0 Å². The van der Waals surface area contributed by atoms with E-state index in [1.54, 1.807) is 0 Å². The molecule has 2 nitrogen and oxygen atoms in total. The van der Waals surface area contributed by atoms with Crippen LogP contribution < -0.4 is 0 Å². The van der Waals surface area contributed by atoms with E-state index >= 15 is 0 Å². The number of carbonyl (C=O) groups excluding carboxylic acids is 1. The summed E-state index contributed by atoms with van der Waals surface area (Å²) in [7, 11) is 0. The normalized spacial score (nSPS) is 14.0. The van der Waals surface area contributed by atoms with Gasteiger partial charge < -0.3 is 5.11 Å². The molecule has 0 spiro atoms. The maximum Gasteiger partial charge on any atom is 0.180 e. The van der Waals surface area contributed by atoms with Gasteiger partial charge in [0.25, 0.3) is 0 Å². The zero-order valence-corrected chi connectivity index (χ0v) is 9.39. The Kier molecular flexibility index (Phi) is 6.23. The zero-order chi connectivity index (χ0) is 11.0. The Bertz CT molecular complexity index is 230. The average molecular weight is 196 g/mol. The van der Waals surface area contributed by atoms with Crippen LogP contribution in [0.4, 0.5) is 0 Å². The molecule has 80 valence electrons. The lowest BCUT2D eigenvalue weighted by Crippen LogP contribution is -2.30. The summed E-state index contributed by atoms with van der Waals surface area (Å²) in [6.07, 6.45) is 5.43. The summed E-state index contributed by atoms with van der Waals surface area (Å²) in [5.41, 5.74) is -1.45. The quantitative estimate of drug-likeness (QED) is 0.541. The predicted octanol–water partition coefficient (Wildman–Crippen LogP) is 2.30. The number of hydrogen-bond donors (Lipinski definition) is 1. The molecule has 0 rings (SSSR count). The van der Waals surface area contributed by atoms with Crippen LogP contribution in [-0.2, 0) is 4.79 Å². The topological polar surface area (TPSA) is 37.3 Å². The smallest absolute Gasteiger partial charge is 0.180 e. The Labute approximate surface area is 86.7 Å². The van der Waals surface area contributed by atoms with Crippen molar-refractivity contribution in [3.8, 4) is 11.8 Å². The van der Waals surface area contributed by atoms with Crippen molar-refractivity contribution in [2.75, 3.05) is 0 Å². The maximum atomic E-state index is 10.9. The molecule has 0 aromatic carbocycles. The van der Waals surface area contributed by atoms with E-state index in [-0.39, 0.29) is 5.78 Å². The van der Waals surface area contributed by atoms with E-state index < -0.39 is 5.60 Å². The minimum Gasteiger partial charge on any atom is -0.371 e. The Morgan fingerprint density at radius 2 is 2.00 bits per heavy atom. The molecule has 0 saturated carbocycles. The van der Waals surface area contributed by atoms with Crippen LogP contribution >= 0.6 is 0 Å². The second-order valence-electron chi connectivity index (χ2n) is 3.74. The number of unbranched alkanes of at least 4 members (excludes halogenated alkanes) is 4. The average Bonchev–Trinajstić information content (AvgIpc) is 2.10. The molecule has 0 saturated heterocycles. The molecule has 1 unspecified atom stereocenters. The molecule has 1 N–H and O–H groups in total. The number of Topliss-reactive ketones (excluding diaryl/α,β-unsaturated/α-hetero) is 1. The fraction of sp³-hybridized carbons (Fsp3) is 0.750. The van der Waals surface area contributed by atoms with Crippen molar-refractivity contribution in [2.45, 2.75) is 58.5 Å². The molecule has 0 amide bonds. The van der Waals surface area contributed by atoms with Crippen molar-refractivity contribution in [2.24, 2.45) is 0 Å². The van der Waals surface area contributed by atoms with Gasteiger partial charge in [0.05, 0.1) is 0 Å². The number of rotatable bonds is 5. The third kappa shape index (κ3) is 5.77. The lowest BCUT2D eigenvalue weighted by molar-refractivity contribution is -0.128. The van der Waals surface area contributed by atoms with Gasteiger partial charge in [-0.25, -0.2) is 0 Å². The summed E-state index contributed by atoms with van der Waals surface area (Å²) in [4.78, 5) is 10.9. The summed E-state index contributed by atoms with van der Waals surface area (Å²) < 4.78 is 0. The van der Waals surface area contributed by atoms with Crippen molar-refractivity contribution in [3.05, 3.63) is 0 Å². The standard InChI is InChI=1S/C12H20O2/c1-4-5-6-7-8-9-10-12(3,14)11(2)13/h14H,4-8H2,1-3H3. The van der Waals surface area contributed by atoms with Gasteiger partial charge in [0, 0.05) is 6.42 Å². The van der Waals surface area contributed by atoms with Gasteiger partial charge in [-0.05, 0) is 20.3 Å². The van der Waals surface area contributed by atoms with Crippen LogP contribution in [0.15, 0.2) is 0 Å². The molecular weight excluding hydrogens is 176 g/mol. The lowest BCUT2D eigenvalue weighted by Gasteiger charge is -2.10. The van der Waals surface area contributed by atoms with Gasteiger partial charge in [-0.2, -0.15) is 0 Å². The third-order valence-electron chi connectivity index (χ3n) is 2.17. The highest BCUT2D eigenvalue weighted by Gasteiger charge is 2.22. The fourth-order valence-corrected chi connectivity index (χ4v) is 0.963. The Morgan fingerprint density at radius 1 is 1.36 bits per heavy atom. The first-order chi connectivity index (χ1) is 6.50. The molecule has 0 heterocycles. The summed E-state index contributed by atoms with van der Waals surface area (Å²) in [5.74, 6) is 5.14. The van der Waals surface area contributed by atoms with Crippen molar-refractivity contribution in [1.29, 1.82) is 0 Å². The van der Waals surface area contributed by atoms with Crippen LogP contribution in [0.1, 0.15) is 52.9 Å². The first-order valence-electron chi connectivity index (χ1n) is 5.24. The fourth-order valence-electron chi connectivity index (χ4n) is 0.963. The van der Waals surface area contributed by atoms with Crippen LogP contribution in [0.2, 0.25) is 0 Å². The molecule has 0 aromatic rings. The Balaban J connectivity index is 3.76. The van der Waals surface area contributed by atoms with Crippen LogP contribution in [0.5, 0.6) is 0 Å². The summed E-state index contributed by atoms with van der Waals surface area (Å²) in [6.45, 7) is 4.95. The monoisotopic (exact) mass is 196 g/mol. The molecule has 1 atom stereocenters. The molecule has 0 fully saturated rings. The molecule has 0 aliphatic rings. The number of aliphatic hydroxyl groups is 1. The first-order valence-corrected chi connectivity index (χ1v) is 5.24. The van der Waals surface area contributed by atoms with Gasteiger partial charge in [0.2, 0.25) is 0 Å². The van der Waals surface area contributed by atoms with E-state index in [9.17, 15) is 9.90 Å². The molecule has 0 bridgehead atoms. The highest BCUT2D eigenvalue weighted by atomic mass is 16.3. The minimum absolute atomic E-state index is 0.293. The SMILES string of the molecule is CCCCCCC#CC(C)(O)C(C)=O. The van der Waals surface area contributed by atoms with E-state index in [2.05, 4.69) is 18.8 Å². The molecule has 14 heavy (non-hydrogen) atoms. The summed E-state index contributed by atoms with van der Waals surface area (Å²) in [5, 5.41) is 9.47. The highest BCUT2D eigenvalue weighted by Crippen LogP contribution is 2.04. The number of hydrogen-bond acceptors (Lipinski definition) is 2. The van der Waals surface area contributed by atoms with E-state index in [0.717, 1.165) is 12.8 Å². The summed E-state index contributed by atoms with van der Waals surface area (Å²) >= 11 is 0. The Hall–Kier alpha value is -0.810.